The highest BCUT2D eigenvalue weighted by atomic mass is 127. The van der Waals surface area contributed by atoms with Gasteiger partial charge < -0.3 is 4.74 Å². The lowest BCUT2D eigenvalue weighted by atomic mass is 9.88. The lowest BCUT2D eigenvalue weighted by molar-refractivity contribution is 0.302. The van der Waals surface area contributed by atoms with Crippen LogP contribution in [0, 0.1) is 7.14 Å². The first-order chi connectivity index (χ1) is 18.3. The van der Waals surface area contributed by atoms with Gasteiger partial charge in [0.1, 0.15) is 18.2 Å². The molecule has 0 atom stereocenters. The highest BCUT2D eigenvalue weighted by Crippen LogP contribution is 2.33. The molecular weight excluding hydrogens is 815 g/mol. The normalized spacial score (nSPS) is 14.4. The summed E-state index contributed by atoms with van der Waals surface area (Å²) in [5.74, 6) is 1.75. The fraction of sp³-hybridized carbons (Fsp3) is 0.250. The van der Waals surface area contributed by atoms with E-state index in [4.69, 9.17) is 32.9 Å². The molecule has 0 radical (unpaired) electrons. The maximum absolute atomic E-state index is 13.6. The maximum Gasteiger partial charge on any atom is 0.282 e. The van der Waals surface area contributed by atoms with Crippen LogP contribution in [0.15, 0.2) is 62.9 Å². The quantitative estimate of drug-likeness (QED) is 0.144. The summed E-state index contributed by atoms with van der Waals surface area (Å²) >= 11 is 20.2. The minimum Gasteiger partial charge on any atom is -0.487 e. The van der Waals surface area contributed by atoms with Gasteiger partial charge in [0.2, 0.25) is 0 Å². The molecule has 0 amide bonds. The third kappa shape index (κ3) is 6.40. The van der Waals surface area contributed by atoms with E-state index in [1.165, 1.54) is 11.1 Å². The first-order valence-corrected chi connectivity index (χ1v) is 15.8. The number of nitrogens with zero attached hydrogens (tertiary/aromatic N) is 3. The van der Waals surface area contributed by atoms with E-state index in [1.807, 2.05) is 42.5 Å². The predicted octanol–water partition coefficient (Wildman–Crippen LogP) is 9.18. The highest BCUT2D eigenvalue weighted by molar-refractivity contribution is 14.1. The number of rotatable bonds is 6. The molecule has 0 bridgehead atoms. The summed E-state index contributed by atoms with van der Waals surface area (Å²) in [6.07, 6.45) is 7.27. The van der Waals surface area contributed by atoms with Gasteiger partial charge in [-0.15, -0.1) is 0 Å². The lowest BCUT2D eigenvalue weighted by Crippen LogP contribution is -2.25. The summed E-state index contributed by atoms with van der Waals surface area (Å²) < 4.78 is 10.3. The molecule has 38 heavy (non-hydrogen) atoms. The van der Waals surface area contributed by atoms with E-state index in [1.54, 1.807) is 12.3 Å². The van der Waals surface area contributed by atoms with Crippen LogP contribution in [0.1, 0.15) is 55.0 Å². The Balaban J connectivity index is 1.46. The van der Waals surface area contributed by atoms with Crippen LogP contribution in [-0.2, 0) is 6.61 Å². The van der Waals surface area contributed by atoms with Crippen molar-refractivity contribution >= 4 is 101 Å². The average molecular weight is 837 g/mol. The first kappa shape index (κ1) is 28.3. The summed E-state index contributed by atoms with van der Waals surface area (Å²) in [5.41, 5.74) is 2.36. The number of benzene rings is 3. The molecule has 5 nitrogen and oxygen atoms in total. The summed E-state index contributed by atoms with van der Waals surface area (Å²) in [6, 6.07) is 15.1. The molecule has 0 aliphatic heterocycles. The van der Waals surface area contributed by atoms with Crippen LogP contribution in [0.3, 0.4) is 0 Å². The van der Waals surface area contributed by atoms with Gasteiger partial charge in [0.25, 0.3) is 5.56 Å². The molecule has 0 saturated heterocycles. The molecule has 4 aromatic rings. The van der Waals surface area contributed by atoms with E-state index in [-0.39, 0.29) is 11.5 Å². The largest absolute Gasteiger partial charge is 0.487 e. The van der Waals surface area contributed by atoms with Gasteiger partial charge in [0.15, 0.2) is 0 Å². The molecule has 0 N–H and O–H groups in total. The van der Waals surface area contributed by atoms with Gasteiger partial charge in [-0.25, -0.2) is 4.98 Å². The fourth-order valence-electron chi connectivity index (χ4n) is 4.60. The third-order valence-corrected chi connectivity index (χ3v) is 9.35. The Hall–Kier alpha value is -1.21. The van der Waals surface area contributed by atoms with Crippen molar-refractivity contribution in [1.29, 1.82) is 0 Å². The Labute approximate surface area is 266 Å². The molecule has 0 unspecified atom stereocenters. The number of aromatic nitrogens is 2. The Kier molecular flexibility index (Phi) is 9.34. The molecule has 5 rings (SSSR count). The summed E-state index contributed by atoms with van der Waals surface area (Å²) in [5, 5.41) is 6.25. The third-order valence-electron chi connectivity index (χ3n) is 6.51. The molecule has 0 spiro atoms. The van der Waals surface area contributed by atoms with Crippen LogP contribution in [0.25, 0.3) is 10.9 Å². The topological polar surface area (TPSA) is 56.5 Å². The molecule has 1 aromatic heterocycles. The second-order valence-electron chi connectivity index (χ2n) is 9.18. The molecule has 3 aromatic carbocycles. The zero-order valence-electron chi connectivity index (χ0n) is 20.1. The smallest absolute Gasteiger partial charge is 0.282 e. The lowest BCUT2D eigenvalue weighted by Gasteiger charge is -2.22. The molecule has 1 heterocycles. The van der Waals surface area contributed by atoms with E-state index in [0.29, 0.717) is 27.6 Å². The van der Waals surface area contributed by atoms with Crippen molar-refractivity contribution < 1.29 is 4.74 Å². The van der Waals surface area contributed by atoms with Crippen molar-refractivity contribution in [2.45, 2.75) is 44.6 Å². The zero-order valence-corrected chi connectivity index (χ0v) is 27.5. The van der Waals surface area contributed by atoms with Crippen LogP contribution in [0.5, 0.6) is 5.75 Å². The monoisotopic (exact) mass is 835 g/mol. The molecule has 1 aliphatic rings. The van der Waals surface area contributed by atoms with E-state index in [0.717, 1.165) is 60.0 Å². The van der Waals surface area contributed by atoms with Gasteiger partial charge in [-0.3, -0.25) is 4.79 Å². The molecule has 1 saturated carbocycles. The SMILES string of the molecule is O=c1c2cc(Br)ccc2nc(C2CCCCC2)n1N=Cc1cc(I)c(OCc2ccc(Cl)c(Cl)c2)c(I)c1. The van der Waals surface area contributed by atoms with Crippen molar-refractivity contribution in [3.05, 3.63) is 97.5 Å². The van der Waals surface area contributed by atoms with Crippen LogP contribution in [-0.4, -0.2) is 15.9 Å². The van der Waals surface area contributed by atoms with E-state index in [2.05, 4.69) is 66.2 Å². The van der Waals surface area contributed by atoms with Gasteiger partial charge in [-0.2, -0.15) is 9.78 Å². The van der Waals surface area contributed by atoms with Crippen molar-refractivity contribution in [1.82, 2.24) is 9.66 Å². The van der Waals surface area contributed by atoms with E-state index in [9.17, 15) is 4.79 Å². The van der Waals surface area contributed by atoms with Crippen LogP contribution in [0.4, 0.5) is 0 Å². The Morgan fingerprint density at radius 1 is 1.03 bits per heavy atom. The zero-order chi connectivity index (χ0) is 26.8. The molecule has 196 valence electrons. The minimum atomic E-state index is -0.154. The number of halogens is 5. The second kappa shape index (κ2) is 12.5. The van der Waals surface area contributed by atoms with Gasteiger partial charge >= 0.3 is 0 Å². The van der Waals surface area contributed by atoms with Crippen molar-refractivity contribution in [2.24, 2.45) is 5.10 Å². The van der Waals surface area contributed by atoms with E-state index >= 15 is 0 Å². The number of hydrogen-bond acceptors (Lipinski definition) is 4. The first-order valence-electron chi connectivity index (χ1n) is 12.1. The number of fused-ring (bicyclic) bond motifs is 1. The number of hydrogen-bond donors (Lipinski definition) is 0. The standard InChI is InChI=1S/C28H22BrCl2I2N3O2/c29-19-7-9-25-20(13-19)28(37)36(27(35-25)18-4-2-1-3-5-18)34-14-17-11-23(32)26(24(33)12-17)38-15-16-6-8-21(30)22(31)10-16/h6-14,18H,1-5,15H2. The average Bonchev–Trinajstić information content (AvgIpc) is 2.90. The molecule has 1 fully saturated rings. The van der Waals surface area contributed by atoms with E-state index < -0.39 is 0 Å². The van der Waals surface area contributed by atoms with Crippen molar-refractivity contribution in [3.8, 4) is 5.75 Å². The molecule has 10 heteroatoms. The highest BCUT2D eigenvalue weighted by Gasteiger charge is 2.22. The Bertz CT molecular complexity index is 1580. The maximum atomic E-state index is 13.6. The van der Waals surface area contributed by atoms with Crippen molar-refractivity contribution in [2.75, 3.05) is 0 Å². The summed E-state index contributed by atoms with van der Waals surface area (Å²) in [7, 11) is 0. The van der Waals surface area contributed by atoms with Gasteiger partial charge in [-0.1, -0.05) is 64.5 Å². The van der Waals surface area contributed by atoms with Gasteiger partial charge in [0.05, 0.1) is 34.3 Å². The molecular formula is C28H22BrCl2I2N3O2. The molecule has 1 aliphatic carbocycles. The fourth-order valence-corrected chi connectivity index (χ4v) is 7.41. The Morgan fingerprint density at radius 2 is 1.76 bits per heavy atom. The summed E-state index contributed by atoms with van der Waals surface area (Å²) in [4.78, 5) is 18.5. The minimum absolute atomic E-state index is 0.154. The van der Waals surface area contributed by atoms with Gasteiger partial charge in [-0.05, 0) is 112 Å². The second-order valence-corrected chi connectivity index (χ2v) is 13.2. The Morgan fingerprint density at radius 3 is 2.47 bits per heavy atom. The van der Waals surface area contributed by atoms with Crippen molar-refractivity contribution in [3.63, 3.8) is 0 Å². The number of ether oxygens (including phenoxy) is 1. The van der Waals surface area contributed by atoms with Crippen LogP contribution in [0.2, 0.25) is 10.0 Å². The summed E-state index contributed by atoms with van der Waals surface area (Å²) in [6.45, 7) is 0.370. The van der Waals surface area contributed by atoms with Crippen LogP contribution < -0.4 is 10.3 Å². The predicted molar refractivity (Wildman–Crippen MR) is 175 cm³/mol. The van der Waals surface area contributed by atoms with Gasteiger partial charge in [0, 0.05) is 10.4 Å². The van der Waals surface area contributed by atoms with Crippen LogP contribution >= 0.6 is 84.3 Å².